The zero-order valence-electron chi connectivity index (χ0n) is 12.7. The molecular formula is C15H21N3O3S. The zero-order chi connectivity index (χ0) is 15.7. The van der Waals surface area contributed by atoms with Gasteiger partial charge in [-0.05, 0) is 30.5 Å². The van der Waals surface area contributed by atoms with Crippen LogP contribution in [0.4, 0.5) is 5.69 Å². The maximum atomic E-state index is 12.8. The molecule has 22 heavy (non-hydrogen) atoms. The summed E-state index contributed by atoms with van der Waals surface area (Å²) in [5, 5.41) is 3.33. The van der Waals surface area contributed by atoms with Crippen LogP contribution in [0.5, 0.6) is 0 Å². The summed E-state index contributed by atoms with van der Waals surface area (Å²) in [6, 6.07) is 5.78. The fraction of sp³-hybridized carbons (Fsp3) is 0.533. The average Bonchev–Trinajstić information content (AvgIpc) is 2.53. The summed E-state index contributed by atoms with van der Waals surface area (Å²) in [6.07, 6.45) is 3.15. The molecule has 0 saturated carbocycles. The van der Waals surface area contributed by atoms with Crippen LogP contribution in [0.15, 0.2) is 18.2 Å². The molecule has 7 heteroatoms. The van der Waals surface area contributed by atoms with E-state index in [2.05, 4.69) is 5.32 Å². The molecule has 0 aromatic heterocycles. The van der Waals surface area contributed by atoms with Crippen molar-refractivity contribution < 1.29 is 13.2 Å². The van der Waals surface area contributed by atoms with Crippen LogP contribution in [0.1, 0.15) is 22.3 Å². The number of nitrogens with zero attached hydrogens (tertiary/aromatic N) is 2. The first-order valence-corrected chi connectivity index (χ1v) is 9.42. The van der Waals surface area contributed by atoms with Gasteiger partial charge in [0, 0.05) is 44.0 Å². The van der Waals surface area contributed by atoms with E-state index in [1.807, 2.05) is 18.2 Å². The highest BCUT2D eigenvalue weighted by molar-refractivity contribution is 7.88. The number of hydrogen-bond donors (Lipinski definition) is 1. The molecule has 2 aliphatic rings. The van der Waals surface area contributed by atoms with Gasteiger partial charge in [-0.25, -0.2) is 8.42 Å². The first-order chi connectivity index (χ1) is 10.5. The first kappa shape index (κ1) is 15.3. The summed E-state index contributed by atoms with van der Waals surface area (Å²) in [6.45, 7) is 2.58. The standard InChI is InChI=1S/C15H21N3O3S/c1-22(20,21)18-10-8-17(9-11-18)15(19)13-4-2-6-14-12(13)5-3-7-16-14/h2,4,6,16H,3,5,7-11H2,1H3. The number of carbonyl (C=O) groups excluding carboxylic acids is 1. The summed E-state index contributed by atoms with van der Waals surface area (Å²) in [7, 11) is -3.17. The maximum absolute atomic E-state index is 12.8. The largest absolute Gasteiger partial charge is 0.385 e. The smallest absolute Gasteiger partial charge is 0.254 e. The van der Waals surface area contributed by atoms with E-state index in [9.17, 15) is 13.2 Å². The van der Waals surface area contributed by atoms with Crippen molar-refractivity contribution in [3.63, 3.8) is 0 Å². The number of amides is 1. The van der Waals surface area contributed by atoms with Crippen molar-refractivity contribution in [3.05, 3.63) is 29.3 Å². The molecule has 0 aliphatic carbocycles. The number of rotatable bonds is 2. The molecule has 2 heterocycles. The lowest BCUT2D eigenvalue weighted by Crippen LogP contribution is -2.50. The van der Waals surface area contributed by atoms with Crippen LogP contribution in [-0.2, 0) is 16.4 Å². The highest BCUT2D eigenvalue weighted by atomic mass is 32.2. The fourth-order valence-corrected chi connectivity index (χ4v) is 3.93. The van der Waals surface area contributed by atoms with Crippen molar-refractivity contribution in [1.29, 1.82) is 0 Å². The van der Waals surface area contributed by atoms with E-state index in [1.54, 1.807) is 4.90 Å². The van der Waals surface area contributed by atoms with Crippen LogP contribution < -0.4 is 5.32 Å². The quantitative estimate of drug-likeness (QED) is 0.872. The lowest BCUT2D eigenvalue weighted by molar-refractivity contribution is 0.0697. The van der Waals surface area contributed by atoms with Gasteiger partial charge in [0.15, 0.2) is 0 Å². The molecule has 0 spiro atoms. The van der Waals surface area contributed by atoms with E-state index in [0.29, 0.717) is 26.2 Å². The molecular weight excluding hydrogens is 302 g/mol. The van der Waals surface area contributed by atoms with E-state index >= 15 is 0 Å². The number of anilines is 1. The van der Waals surface area contributed by atoms with Crippen molar-refractivity contribution >= 4 is 21.6 Å². The molecule has 0 radical (unpaired) electrons. The Morgan fingerprint density at radius 1 is 1.18 bits per heavy atom. The third-order valence-electron chi connectivity index (χ3n) is 4.32. The van der Waals surface area contributed by atoms with Crippen LogP contribution in [0.25, 0.3) is 0 Å². The van der Waals surface area contributed by atoms with Gasteiger partial charge >= 0.3 is 0 Å². The Hall–Kier alpha value is -1.60. The third kappa shape index (κ3) is 2.96. The van der Waals surface area contributed by atoms with Crippen LogP contribution in [0.2, 0.25) is 0 Å². The molecule has 6 nitrogen and oxygen atoms in total. The summed E-state index contributed by atoms with van der Waals surface area (Å²) in [5.41, 5.74) is 2.88. The molecule has 1 amide bonds. The lowest BCUT2D eigenvalue weighted by atomic mass is 9.96. The van der Waals surface area contributed by atoms with Gasteiger partial charge in [-0.15, -0.1) is 0 Å². The number of nitrogens with one attached hydrogen (secondary N) is 1. The third-order valence-corrected chi connectivity index (χ3v) is 5.62. The van der Waals surface area contributed by atoms with Gasteiger partial charge in [0.2, 0.25) is 10.0 Å². The number of fused-ring (bicyclic) bond motifs is 1. The minimum absolute atomic E-state index is 0.00806. The molecule has 1 aromatic rings. The Morgan fingerprint density at radius 3 is 2.59 bits per heavy atom. The van der Waals surface area contributed by atoms with Crippen molar-refractivity contribution in [2.45, 2.75) is 12.8 Å². The van der Waals surface area contributed by atoms with Gasteiger partial charge < -0.3 is 10.2 Å². The summed E-state index contributed by atoms with van der Waals surface area (Å²) >= 11 is 0. The molecule has 0 unspecified atom stereocenters. The topological polar surface area (TPSA) is 69.7 Å². The second kappa shape index (κ2) is 5.89. The first-order valence-electron chi connectivity index (χ1n) is 7.57. The van der Waals surface area contributed by atoms with Gasteiger partial charge in [-0.3, -0.25) is 4.79 Å². The Balaban J connectivity index is 1.76. The van der Waals surface area contributed by atoms with E-state index in [4.69, 9.17) is 0 Å². The van der Waals surface area contributed by atoms with Crippen molar-refractivity contribution in [1.82, 2.24) is 9.21 Å². The maximum Gasteiger partial charge on any atom is 0.254 e. The SMILES string of the molecule is CS(=O)(=O)N1CCN(C(=O)c2cccc3c2CCCN3)CC1. The van der Waals surface area contributed by atoms with Gasteiger partial charge in [0.25, 0.3) is 5.91 Å². The Labute approximate surface area is 131 Å². The van der Waals surface area contributed by atoms with Crippen molar-refractivity contribution in [2.24, 2.45) is 0 Å². The minimum atomic E-state index is -3.17. The van der Waals surface area contributed by atoms with Crippen molar-refractivity contribution in [2.75, 3.05) is 44.3 Å². The van der Waals surface area contributed by atoms with Crippen LogP contribution in [-0.4, -0.2) is 62.5 Å². The van der Waals surface area contributed by atoms with E-state index in [0.717, 1.165) is 36.2 Å². The average molecular weight is 323 g/mol. The molecule has 1 saturated heterocycles. The fourth-order valence-electron chi connectivity index (χ4n) is 3.10. The molecule has 1 aromatic carbocycles. The highest BCUT2D eigenvalue weighted by Gasteiger charge is 2.28. The van der Waals surface area contributed by atoms with Crippen LogP contribution >= 0.6 is 0 Å². The van der Waals surface area contributed by atoms with Gasteiger partial charge in [-0.1, -0.05) is 6.07 Å². The number of benzene rings is 1. The van der Waals surface area contributed by atoms with Gasteiger partial charge in [0.1, 0.15) is 0 Å². The van der Waals surface area contributed by atoms with Crippen LogP contribution in [0, 0.1) is 0 Å². The van der Waals surface area contributed by atoms with E-state index in [-0.39, 0.29) is 5.91 Å². The normalized spacial score (nSPS) is 19.4. The molecule has 1 fully saturated rings. The molecule has 120 valence electrons. The Kier molecular flexibility index (Phi) is 4.10. The second-order valence-electron chi connectivity index (χ2n) is 5.82. The molecule has 3 rings (SSSR count). The van der Waals surface area contributed by atoms with Crippen molar-refractivity contribution in [3.8, 4) is 0 Å². The molecule has 0 atom stereocenters. The Bertz CT molecular complexity index is 679. The van der Waals surface area contributed by atoms with Gasteiger partial charge in [0.05, 0.1) is 6.26 Å². The predicted octanol–water partition coefficient (Wildman–Crippen LogP) is 0.762. The van der Waals surface area contributed by atoms with E-state index < -0.39 is 10.0 Å². The monoisotopic (exact) mass is 323 g/mol. The zero-order valence-corrected chi connectivity index (χ0v) is 13.5. The predicted molar refractivity (Wildman–Crippen MR) is 85.6 cm³/mol. The number of sulfonamides is 1. The number of hydrogen-bond acceptors (Lipinski definition) is 4. The van der Waals surface area contributed by atoms with Gasteiger partial charge in [-0.2, -0.15) is 4.31 Å². The molecule has 2 aliphatic heterocycles. The summed E-state index contributed by atoms with van der Waals surface area (Å²) < 4.78 is 24.5. The molecule has 1 N–H and O–H groups in total. The Morgan fingerprint density at radius 2 is 1.91 bits per heavy atom. The summed E-state index contributed by atoms with van der Waals surface area (Å²) in [5.74, 6) is 0.00806. The lowest BCUT2D eigenvalue weighted by Gasteiger charge is -2.34. The highest BCUT2D eigenvalue weighted by Crippen LogP contribution is 2.26. The second-order valence-corrected chi connectivity index (χ2v) is 7.80. The number of carbonyl (C=O) groups is 1. The molecule has 0 bridgehead atoms. The van der Waals surface area contributed by atoms with Crippen LogP contribution in [0.3, 0.4) is 0 Å². The van der Waals surface area contributed by atoms with E-state index in [1.165, 1.54) is 10.6 Å². The minimum Gasteiger partial charge on any atom is -0.385 e. The number of piperazine rings is 1. The summed E-state index contributed by atoms with van der Waals surface area (Å²) in [4.78, 5) is 14.5.